The molecule has 1 atom stereocenters. The lowest BCUT2D eigenvalue weighted by Crippen LogP contribution is -2.15. The second-order valence-electron chi connectivity index (χ2n) is 10.3. The molecule has 3 aromatic rings. The largest absolute Gasteiger partial charge is 0.207 e. The smallest absolute Gasteiger partial charge is 0.129 e. The number of aryl methyl sites for hydroxylation is 2. The van der Waals surface area contributed by atoms with Gasteiger partial charge >= 0.3 is 0 Å². The molecule has 0 nitrogen and oxygen atoms in total. The summed E-state index contributed by atoms with van der Waals surface area (Å²) in [6.45, 7) is 4.30. The first kappa shape index (κ1) is 24.6. The molecule has 1 saturated carbocycles. The number of halogens is 2. The van der Waals surface area contributed by atoms with Gasteiger partial charge in [-0.2, -0.15) is 0 Å². The van der Waals surface area contributed by atoms with Crippen LogP contribution in [0.15, 0.2) is 66.7 Å². The van der Waals surface area contributed by atoms with Gasteiger partial charge in [0.05, 0.1) is 0 Å². The molecule has 0 unspecified atom stereocenters. The van der Waals surface area contributed by atoms with E-state index < -0.39 is 11.6 Å². The minimum absolute atomic E-state index is 0.222. The van der Waals surface area contributed by atoms with Crippen LogP contribution in [0.4, 0.5) is 8.78 Å². The summed E-state index contributed by atoms with van der Waals surface area (Å²) < 4.78 is 28.5. The van der Waals surface area contributed by atoms with Crippen LogP contribution in [0.1, 0.15) is 92.0 Å². The summed E-state index contributed by atoms with van der Waals surface area (Å²) in [5.41, 5.74) is 5.09. The van der Waals surface area contributed by atoms with E-state index in [4.69, 9.17) is 0 Å². The zero-order chi connectivity index (χ0) is 23.9. The van der Waals surface area contributed by atoms with Gasteiger partial charge in [-0.15, -0.1) is 0 Å². The highest BCUT2D eigenvalue weighted by Crippen LogP contribution is 2.39. The highest BCUT2D eigenvalue weighted by atomic mass is 19.1. The van der Waals surface area contributed by atoms with Crippen molar-refractivity contribution in [1.29, 1.82) is 0 Å². The van der Waals surface area contributed by atoms with Gasteiger partial charge in [0, 0.05) is 5.56 Å². The molecule has 0 bridgehead atoms. The lowest BCUT2D eigenvalue weighted by atomic mass is 9.75. The van der Waals surface area contributed by atoms with Gasteiger partial charge in [0.2, 0.25) is 0 Å². The first-order valence-corrected chi connectivity index (χ1v) is 13.1. The van der Waals surface area contributed by atoms with Crippen molar-refractivity contribution in [2.24, 2.45) is 5.92 Å². The van der Waals surface area contributed by atoms with Crippen LogP contribution in [-0.4, -0.2) is 0 Å². The average molecular weight is 461 g/mol. The summed E-state index contributed by atoms with van der Waals surface area (Å²) in [7, 11) is 0. The van der Waals surface area contributed by atoms with Gasteiger partial charge in [0.1, 0.15) is 11.6 Å². The van der Waals surface area contributed by atoms with Crippen molar-refractivity contribution in [2.75, 3.05) is 0 Å². The number of benzene rings is 3. The summed E-state index contributed by atoms with van der Waals surface area (Å²) in [5.74, 6) is 1.32. The lowest BCUT2D eigenvalue weighted by Gasteiger charge is -2.30. The van der Waals surface area contributed by atoms with Crippen LogP contribution in [0.5, 0.6) is 0 Å². The van der Waals surface area contributed by atoms with Crippen molar-refractivity contribution in [1.82, 2.24) is 0 Å². The fraction of sp³-hybridized carbons (Fsp3) is 0.438. The quantitative estimate of drug-likeness (QED) is 0.298. The Hall–Kier alpha value is -2.48. The lowest BCUT2D eigenvalue weighted by molar-refractivity contribution is 0.297. The average Bonchev–Trinajstić information content (AvgIpc) is 2.86. The molecule has 0 N–H and O–H groups in total. The molecule has 3 aromatic carbocycles. The maximum absolute atomic E-state index is 14.2. The Labute approximate surface area is 204 Å². The van der Waals surface area contributed by atoms with Crippen LogP contribution in [0.3, 0.4) is 0 Å². The van der Waals surface area contributed by atoms with E-state index >= 15 is 0 Å². The second-order valence-corrected chi connectivity index (χ2v) is 10.3. The molecule has 0 aromatic heterocycles. The minimum Gasteiger partial charge on any atom is -0.207 e. The van der Waals surface area contributed by atoms with E-state index in [0.29, 0.717) is 24.7 Å². The van der Waals surface area contributed by atoms with E-state index in [2.05, 4.69) is 61.5 Å². The molecule has 0 amide bonds. The van der Waals surface area contributed by atoms with E-state index in [1.54, 1.807) is 0 Å². The topological polar surface area (TPSA) is 0 Å². The van der Waals surface area contributed by atoms with E-state index in [0.717, 1.165) is 24.3 Å². The molecular weight excluding hydrogens is 422 g/mol. The Morgan fingerprint density at radius 3 is 2.00 bits per heavy atom. The van der Waals surface area contributed by atoms with Crippen LogP contribution in [0.2, 0.25) is 0 Å². The molecule has 0 heterocycles. The zero-order valence-corrected chi connectivity index (χ0v) is 20.7. The summed E-state index contributed by atoms with van der Waals surface area (Å²) >= 11 is 0. The summed E-state index contributed by atoms with van der Waals surface area (Å²) in [6.07, 6.45) is 9.12. The molecule has 180 valence electrons. The van der Waals surface area contributed by atoms with Gasteiger partial charge in [-0.05, 0) is 104 Å². The highest BCUT2D eigenvalue weighted by molar-refractivity contribution is 5.29. The van der Waals surface area contributed by atoms with Crippen LogP contribution in [-0.2, 0) is 19.3 Å². The fourth-order valence-electron chi connectivity index (χ4n) is 5.68. The molecule has 1 aliphatic rings. The third kappa shape index (κ3) is 6.34. The van der Waals surface area contributed by atoms with Gasteiger partial charge < -0.3 is 0 Å². The number of hydrogen-bond acceptors (Lipinski definition) is 0. The Morgan fingerprint density at radius 2 is 1.38 bits per heavy atom. The first-order valence-electron chi connectivity index (χ1n) is 13.1. The molecule has 4 rings (SSSR count). The van der Waals surface area contributed by atoms with Crippen molar-refractivity contribution in [3.8, 4) is 0 Å². The Balaban J connectivity index is 1.26. The fourth-order valence-corrected chi connectivity index (χ4v) is 5.68. The van der Waals surface area contributed by atoms with Gasteiger partial charge in [-0.1, -0.05) is 74.9 Å². The van der Waals surface area contributed by atoms with Crippen LogP contribution in [0, 0.1) is 17.6 Å². The summed E-state index contributed by atoms with van der Waals surface area (Å²) in [6, 6.07) is 22.9. The van der Waals surface area contributed by atoms with Crippen molar-refractivity contribution in [3.05, 3.63) is 106 Å². The van der Waals surface area contributed by atoms with E-state index in [9.17, 15) is 8.78 Å². The molecular formula is C32H38F2. The predicted molar refractivity (Wildman–Crippen MR) is 138 cm³/mol. The van der Waals surface area contributed by atoms with Crippen molar-refractivity contribution in [3.63, 3.8) is 0 Å². The second kappa shape index (κ2) is 11.8. The van der Waals surface area contributed by atoms with E-state index in [1.165, 1.54) is 60.9 Å². The Kier molecular flexibility index (Phi) is 8.53. The molecule has 0 radical (unpaired) electrons. The SMILES string of the molecule is CCCc1c(F)cc(CCc2ccc(C3CCC(C[C@@H](C)c4ccccc4)CC3)cc2)cc1F. The third-order valence-corrected chi connectivity index (χ3v) is 7.76. The predicted octanol–water partition coefficient (Wildman–Crippen LogP) is 9.17. The molecule has 34 heavy (non-hydrogen) atoms. The Morgan fingerprint density at radius 1 is 0.765 bits per heavy atom. The molecule has 1 fully saturated rings. The monoisotopic (exact) mass is 460 g/mol. The molecule has 1 aliphatic carbocycles. The van der Waals surface area contributed by atoms with E-state index in [1.807, 2.05) is 6.92 Å². The number of rotatable bonds is 9. The molecule has 2 heteroatoms. The van der Waals surface area contributed by atoms with Gasteiger partial charge in [-0.25, -0.2) is 8.78 Å². The zero-order valence-electron chi connectivity index (χ0n) is 20.7. The van der Waals surface area contributed by atoms with Crippen LogP contribution in [0.25, 0.3) is 0 Å². The maximum Gasteiger partial charge on any atom is 0.129 e. The maximum atomic E-state index is 14.2. The molecule has 0 saturated heterocycles. The van der Waals surface area contributed by atoms with Gasteiger partial charge in [0.25, 0.3) is 0 Å². The standard InChI is InChI=1S/C32H38F2/c1-3-7-30-31(33)21-26(22-32(30)34)11-10-24-12-16-28(17-13-24)29-18-14-25(15-19-29)20-23(2)27-8-5-4-6-9-27/h4-6,8-9,12-13,16-17,21-23,25,29H,3,7,10-11,14-15,18-20H2,1-2H3/t23-,25?,29?/m1/s1. The molecule has 0 spiro atoms. The van der Waals surface area contributed by atoms with Crippen LogP contribution < -0.4 is 0 Å². The van der Waals surface area contributed by atoms with Gasteiger partial charge in [-0.3, -0.25) is 0 Å². The highest BCUT2D eigenvalue weighted by Gasteiger charge is 2.24. The van der Waals surface area contributed by atoms with Crippen LogP contribution >= 0.6 is 0 Å². The van der Waals surface area contributed by atoms with E-state index in [-0.39, 0.29) is 5.56 Å². The summed E-state index contributed by atoms with van der Waals surface area (Å²) in [4.78, 5) is 0. The first-order chi connectivity index (χ1) is 16.5. The van der Waals surface area contributed by atoms with Crippen molar-refractivity contribution < 1.29 is 8.78 Å². The normalized spacial score (nSPS) is 19.2. The Bertz CT molecular complexity index is 1010. The van der Waals surface area contributed by atoms with Gasteiger partial charge in [0.15, 0.2) is 0 Å². The molecule has 0 aliphatic heterocycles. The van der Waals surface area contributed by atoms with Crippen molar-refractivity contribution >= 4 is 0 Å². The van der Waals surface area contributed by atoms with Crippen molar-refractivity contribution in [2.45, 2.75) is 83.5 Å². The number of hydrogen-bond donors (Lipinski definition) is 0. The summed E-state index contributed by atoms with van der Waals surface area (Å²) in [5, 5.41) is 0. The minimum atomic E-state index is -0.402. The third-order valence-electron chi connectivity index (χ3n) is 7.76.